The number of nitrogens with two attached hydrogens (primary N) is 1. The van der Waals surface area contributed by atoms with Crippen molar-refractivity contribution in [2.45, 2.75) is 65.3 Å². The van der Waals surface area contributed by atoms with E-state index in [4.69, 9.17) is 10.5 Å². The summed E-state index contributed by atoms with van der Waals surface area (Å²) in [7, 11) is 0. The molecule has 3 atom stereocenters. The number of nitrogens with zero attached hydrogens (tertiary/aromatic N) is 1. The highest BCUT2D eigenvalue weighted by Gasteiger charge is 2.43. The predicted molar refractivity (Wildman–Crippen MR) is 103 cm³/mol. The van der Waals surface area contributed by atoms with Gasteiger partial charge in [0, 0.05) is 24.8 Å². The Morgan fingerprint density at radius 2 is 2.12 bits per heavy atom. The first kappa shape index (κ1) is 19.9. The molecule has 0 aromatic heterocycles. The van der Waals surface area contributed by atoms with E-state index in [1.807, 2.05) is 18.2 Å². The Balaban J connectivity index is 2.17. The zero-order valence-corrected chi connectivity index (χ0v) is 16.5. The van der Waals surface area contributed by atoms with Gasteiger partial charge in [0.2, 0.25) is 5.91 Å². The van der Waals surface area contributed by atoms with E-state index >= 15 is 0 Å². The van der Waals surface area contributed by atoms with Gasteiger partial charge in [0.25, 0.3) is 0 Å². The van der Waals surface area contributed by atoms with E-state index in [9.17, 15) is 4.79 Å². The van der Waals surface area contributed by atoms with Gasteiger partial charge in [-0.05, 0) is 61.3 Å². The number of benzene rings is 1. The van der Waals surface area contributed by atoms with Gasteiger partial charge >= 0.3 is 0 Å². The highest BCUT2D eigenvalue weighted by molar-refractivity contribution is 5.93. The number of aryl methyl sites for hydroxylation is 1. The average Bonchev–Trinajstić information content (AvgIpc) is 2.58. The molecule has 2 rings (SSSR count). The lowest BCUT2D eigenvalue weighted by molar-refractivity contribution is -0.0418. The van der Waals surface area contributed by atoms with Crippen LogP contribution in [0.15, 0.2) is 18.2 Å². The molecule has 1 unspecified atom stereocenters. The van der Waals surface area contributed by atoms with Gasteiger partial charge in [-0.25, -0.2) is 0 Å². The normalized spacial score (nSPS) is 27.4. The van der Waals surface area contributed by atoms with Gasteiger partial charge in [0.05, 0.1) is 6.73 Å². The second-order valence-electron chi connectivity index (χ2n) is 7.79. The minimum Gasteiger partial charge on any atom is -0.366 e. The third kappa shape index (κ3) is 4.24. The van der Waals surface area contributed by atoms with E-state index in [0.29, 0.717) is 24.3 Å². The fourth-order valence-electron chi connectivity index (χ4n) is 4.04. The van der Waals surface area contributed by atoms with Crippen LogP contribution in [-0.4, -0.2) is 36.7 Å². The van der Waals surface area contributed by atoms with E-state index in [1.54, 1.807) is 0 Å². The van der Waals surface area contributed by atoms with Gasteiger partial charge in [0.15, 0.2) is 0 Å². The fraction of sp³-hybridized carbons (Fsp3) is 0.667. The topological polar surface area (TPSA) is 55.6 Å². The monoisotopic (exact) mass is 346 g/mol. The maximum Gasteiger partial charge on any atom is 0.248 e. The van der Waals surface area contributed by atoms with Gasteiger partial charge in [0.1, 0.15) is 0 Å². The Labute approximate surface area is 152 Å². The Bertz CT molecular complexity index is 602. The maximum atomic E-state index is 11.6. The first-order valence-corrected chi connectivity index (χ1v) is 9.54. The number of rotatable bonds is 7. The lowest BCUT2D eigenvalue weighted by atomic mass is 9.64. The first-order valence-electron chi connectivity index (χ1n) is 9.54. The third-order valence-electron chi connectivity index (χ3n) is 6.26. The first-order chi connectivity index (χ1) is 11.8. The zero-order chi connectivity index (χ0) is 18.6. The van der Waals surface area contributed by atoms with Crippen molar-refractivity contribution in [3.63, 3.8) is 0 Å². The highest BCUT2D eigenvalue weighted by atomic mass is 16.5. The summed E-state index contributed by atoms with van der Waals surface area (Å²) in [5.41, 5.74) is 8.64. The van der Waals surface area contributed by atoms with Crippen LogP contribution in [0.4, 0.5) is 0 Å². The molecule has 1 aliphatic heterocycles. The summed E-state index contributed by atoms with van der Waals surface area (Å²) in [4.78, 5) is 14.1. The van der Waals surface area contributed by atoms with Crippen LogP contribution in [0, 0.1) is 12.8 Å². The van der Waals surface area contributed by atoms with Crippen molar-refractivity contribution < 1.29 is 9.53 Å². The summed E-state index contributed by atoms with van der Waals surface area (Å²) in [5, 5.41) is 0. The van der Waals surface area contributed by atoms with Crippen LogP contribution in [0.5, 0.6) is 0 Å². The Morgan fingerprint density at radius 1 is 1.40 bits per heavy atom. The number of piperidine rings is 1. The van der Waals surface area contributed by atoms with Crippen molar-refractivity contribution in [2.75, 3.05) is 19.9 Å². The number of primary amides is 1. The molecule has 25 heavy (non-hydrogen) atoms. The van der Waals surface area contributed by atoms with Crippen molar-refractivity contribution in [3.05, 3.63) is 34.9 Å². The molecule has 0 bridgehead atoms. The second-order valence-corrected chi connectivity index (χ2v) is 7.79. The summed E-state index contributed by atoms with van der Waals surface area (Å²) in [6.45, 7) is 13.8. The molecule has 2 N–H and O–H groups in total. The number of hydrogen-bond acceptors (Lipinski definition) is 3. The molecule has 140 valence electrons. The maximum absolute atomic E-state index is 11.6. The largest absolute Gasteiger partial charge is 0.366 e. The third-order valence-corrected chi connectivity index (χ3v) is 6.26. The van der Waals surface area contributed by atoms with Crippen molar-refractivity contribution >= 4 is 5.91 Å². The highest BCUT2D eigenvalue weighted by Crippen LogP contribution is 2.43. The van der Waals surface area contributed by atoms with Gasteiger partial charge in [-0.3, -0.25) is 9.69 Å². The van der Waals surface area contributed by atoms with Crippen molar-refractivity contribution in [3.8, 4) is 0 Å². The number of carbonyl (C=O) groups is 1. The molecule has 1 fully saturated rings. The van der Waals surface area contributed by atoms with E-state index in [2.05, 4.69) is 39.5 Å². The minimum atomic E-state index is -0.354. The molecule has 0 aliphatic carbocycles. The molecule has 4 nitrogen and oxygen atoms in total. The summed E-state index contributed by atoms with van der Waals surface area (Å²) < 4.78 is 5.85. The van der Waals surface area contributed by atoms with E-state index in [-0.39, 0.29) is 11.3 Å². The van der Waals surface area contributed by atoms with E-state index in [0.717, 1.165) is 26.0 Å². The zero-order valence-electron chi connectivity index (χ0n) is 16.5. The summed E-state index contributed by atoms with van der Waals surface area (Å²) in [6.07, 6.45) is 3.34. The molecule has 0 saturated carbocycles. The van der Waals surface area contributed by atoms with E-state index < -0.39 is 0 Å². The van der Waals surface area contributed by atoms with Gasteiger partial charge in [-0.15, -0.1) is 0 Å². The van der Waals surface area contributed by atoms with Crippen LogP contribution >= 0.6 is 0 Å². The molecule has 1 heterocycles. The molecule has 0 radical (unpaired) electrons. The number of amides is 1. The van der Waals surface area contributed by atoms with Gasteiger partial charge < -0.3 is 10.5 Å². The van der Waals surface area contributed by atoms with Crippen LogP contribution < -0.4 is 5.73 Å². The molecule has 1 saturated heterocycles. The van der Waals surface area contributed by atoms with Crippen LogP contribution in [0.3, 0.4) is 0 Å². The number of likely N-dealkylation sites (tertiary alicyclic amines) is 1. The standard InChI is InChI=1S/C21H34N2O2/c1-6-7-12-25-14-23-11-10-21(5,16(3)17(23)4)19-13-18(20(22)24)9-8-15(19)2/h8-9,13,16-17H,6-7,10-12,14H2,1-5H3,(H2,22,24)/t16-,17+,21?/m0/s1. The van der Waals surface area contributed by atoms with Crippen LogP contribution in [0.2, 0.25) is 0 Å². The Kier molecular flexibility index (Phi) is 6.64. The molecular weight excluding hydrogens is 312 g/mol. The smallest absolute Gasteiger partial charge is 0.248 e. The lowest BCUT2D eigenvalue weighted by Crippen LogP contribution is -2.53. The SMILES string of the molecule is CCCCOCN1CCC(C)(c2cc(C(N)=O)ccc2C)[C@@H](C)[C@H]1C. The Hall–Kier alpha value is -1.39. The fourth-order valence-corrected chi connectivity index (χ4v) is 4.04. The van der Waals surface area contributed by atoms with Gasteiger partial charge in [-0.2, -0.15) is 0 Å². The second kappa shape index (κ2) is 8.33. The summed E-state index contributed by atoms with van der Waals surface area (Å²) in [5.74, 6) is 0.102. The van der Waals surface area contributed by atoms with Crippen molar-refractivity contribution in [2.24, 2.45) is 11.7 Å². The summed E-state index contributed by atoms with van der Waals surface area (Å²) >= 11 is 0. The molecule has 0 spiro atoms. The minimum absolute atomic E-state index is 0.0366. The number of unbranched alkanes of at least 4 members (excludes halogenated alkanes) is 1. The molecule has 1 aromatic rings. The van der Waals surface area contributed by atoms with Crippen LogP contribution in [0.1, 0.15) is 68.4 Å². The summed E-state index contributed by atoms with van der Waals surface area (Å²) in [6, 6.07) is 6.29. The lowest BCUT2D eigenvalue weighted by Gasteiger charge is -2.49. The van der Waals surface area contributed by atoms with Crippen molar-refractivity contribution in [1.82, 2.24) is 4.90 Å². The molecule has 1 amide bonds. The molecule has 1 aliphatic rings. The average molecular weight is 347 g/mol. The predicted octanol–water partition coefficient (Wildman–Crippen LogP) is 3.86. The van der Waals surface area contributed by atoms with Gasteiger partial charge in [-0.1, -0.05) is 33.3 Å². The van der Waals surface area contributed by atoms with Crippen LogP contribution in [-0.2, 0) is 10.2 Å². The number of ether oxygens (including phenoxy) is 1. The molecular formula is C21H34N2O2. The molecule has 1 aromatic carbocycles. The van der Waals surface area contributed by atoms with E-state index in [1.165, 1.54) is 17.5 Å². The number of carbonyl (C=O) groups excluding carboxylic acids is 1. The van der Waals surface area contributed by atoms with Crippen molar-refractivity contribution in [1.29, 1.82) is 0 Å². The van der Waals surface area contributed by atoms with Crippen LogP contribution in [0.25, 0.3) is 0 Å². The quantitative estimate of drug-likeness (QED) is 0.763. The Morgan fingerprint density at radius 3 is 2.76 bits per heavy atom. The molecule has 4 heteroatoms. The number of hydrogen-bond donors (Lipinski definition) is 1.